The third-order valence-electron chi connectivity index (χ3n) is 3.12. The highest BCUT2D eigenvalue weighted by Gasteiger charge is 2.13. The van der Waals surface area contributed by atoms with Crippen LogP contribution in [0.3, 0.4) is 0 Å². The van der Waals surface area contributed by atoms with Gasteiger partial charge in [0.05, 0.1) is 6.10 Å². The summed E-state index contributed by atoms with van der Waals surface area (Å²) in [5, 5.41) is 12.5. The molecule has 0 fully saturated rings. The highest BCUT2D eigenvalue weighted by molar-refractivity contribution is 5.77. The van der Waals surface area contributed by atoms with Crippen LogP contribution in [0.25, 0.3) is 0 Å². The lowest BCUT2D eigenvalue weighted by Gasteiger charge is -2.18. The molecule has 1 aromatic carbocycles. The minimum Gasteiger partial charge on any atom is -0.483 e. The summed E-state index contributed by atoms with van der Waals surface area (Å²) in [4.78, 5) is 11.7. The molecular formula is C15H23NO3. The van der Waals surface area contributed by atoms with Crippen molar-refractivity contribution in [3.63, 3.8) is 0 Å². The average molecular weight is 265 g/mol. The third kappa shape index (κ3) is 4.91. The van der Waals surface area contributed by atoms with Crippen LogP contribution >= 0.6 is 0 Å². The van der Waals surface area contributed by atoms with E-state index >= 15 is 0 Å². The number of para-hydroxylation sites is 1. The van der Waals surface area contributed by atoms with Crippen LogP contribution in [0.2, 0.25) is 0 Å². The molecule has 0 heterocycles. The molecule has 106 valence electrons. The summed E-state index contributed by atoms with van der Waals surface area (Å²) in [6.45, 7) is 7.69. The zero-order valence-electron chi connectivity index (χ0n) is 12.0. The second kappa shape index (κ2) is 7.14. The van der Waals surface area contributed by atoms with Gasteiger partial charge < -0.3 is 15.2 Å². The smallest absolute Gasteiger partial charge is 0.258 e. The molecular weight excluding hydrogens is 242 g/mol. The largest absolute Gasteiger partial charge is 0.483 e. The van der Waals surface area contributed by atoms with E-state index in [0.29, 0.717) is 17.2 Å². The molecule has 4 heteroatoms. The van der Waals surface area contributed by atoms with Crippen LogP contribution < -0.4 is 10.1 Å². The predicted octanol–water partition coefficient (Wildman–Crippen LogP) is 2.28. The molecule has 1 aromatic rings. The first kappa shape index (κ1) is 15.5. The zero-order chi connectivity index (χ0) is 14.4. The second-order valence-corrected chi connectivity index (χ2v) is 5.10. The Kier molecular flexibility index (Phi) is 5.83. The molecule has 0 saturated heterocycles. The van der Waals surface area contributed by atoms with Crippen molar-refractivity contribution in [2.75, 3.05) is 6.61 Å². The molecule has 19 heavy (non-hydrogen) atoms. The van der Waals surface area contributed by atoms with Gasteiger partial charge in [-0.15, -0.1) is 0 Å². The molecule has 2 atom stereocenters. The Hall–Kier alpha value is -1.55. The first-order valence-electron chi connectivity index (χ1n) is 6.61. The van der Waals surface area contributed by atoms with Crippen molar-refractivity contribution in [1.82, 2.24) is 5.32 Å². The van der Waals surface area contributed by atoms with Gasteiger partial charge in [0.2, 0.25) is 0 Å². The van der Waals surface area contributed by atoms with Crippen molar-refractivity contribution >= 4 is 5.91 Å². The van der Waals surface area contributed by atoms with Crippen molar-refractivity contribution in [1.29, 1.82) is 0 Å². The van der Waals surface area contributed by atoms with Crippen LogP contribution in [0.5, 0.6) is 5.75 Å². The summed E-state index contributed by atoms with van der Waals surface area (Å²) in [6.07, 6.45) is -0.617. The first-order valence-corrected chi connectivity index (χ1v) is 6.61. The summed E-state index contributed by atoms with van der Waals surface area (Å²) >= 11 is 0. The Labute approximate surface area is 114 Å². The summed E-state index contributed by atoms with van der Waals surface area (Å²) < 4.78 is 5.47. The summed E-state index contributed by atoms with van der Waals surface area (Å²) in [5.41, 5.74) is 0.687. The molecule has 2 unspecified atom stereocenters. The number of hydrogen-bond acceptors (Lipinski definition) is 3. The number of carbonyl (C=O) groups is 1. The van der Waals surface area contributed by atoms with Crippen LogP contribution in [0.15, 0.2) is 24.3 Å². The average Bonchev–Trinajstić information content (AvgIpc) is 2.36. The van der Waals surface area contributed by atoms with E-state index in [4.69, 9.17) is 4.74 Å². The number of carbonyl (C=O) groups excluding carboxylic acids is 1. The van der Waals surface area contributed by atoms with Gasteiger partial charge in [0, 0.05) is 11.6 Å². The second-order valence-electron chi connectivity index (χ2n) is 5.10. The molecule has 0 aliphatic rings. The van der Waals surface area contributed by atoms with E-state index in [2.05, 4.69) is 19.2 Å². The minimum atomic E-state index is -0.617. The van der Waals surface area contributed by atoms with Crippen molar-refractivity contribution in [3.8, 4) is 5.75 Å². The Morgan fingerprint density at radius 2 is 1.89 bits per heavy atom. The Balaban J connectivity index is 2.55. The van der Waals surface area contributed by atoms with Gasteiger partial charge in [-0.2, -0.15) is 0 Å². The highest BCUT2D eigenvalue weighted by Crippen LogP contribution is 2.24. The molecule has 0 bridgehead atoms. The van der Waals surface area contributed by atoms with Crippen molar-refractivity contribution in [3.05, 3.63) is 29.8 Å². The molecule has 0 spiro atoms. The Morgan fingerprint density at radius 1 is 1.26 bits per heavy atom. The van der Waals surface area contributed by atoms with E-state index in [0.717, 1.165) is 0 Å². The molecule has 0 aliphatic heterocycles. The lowest BCUT2D eigenvalue weighted by Crippen LogP contribution is -2.39. The fourth-order valence-electron chi connectivity index (χ4n) is 1.56. The van der Waals surface area contributed by atoms with E-state index in [1.807, 2.05) is 19.1 Å². The van der Waals surface area contributed by atoms with Gasteiger partial charge >= 0.3 is 0 Å². The van der Waals surface area contributed by atoms with E-state index in [1.54, 1.807) is 19.1 Å². The fourth-order valence-corrected chi connectivity index (χ4v) is 1.56. The van der Waals surface area contributed by atoms with Gasteiger partial charge in [-0.25, -0.2) is 0 Å². The molecule has 0 saturated carbocycles. The zero-order valence-corrected chi connectivity index (χ0v) is 12.0. The van der Waals surface area contributed by atoms with Gasteiger partial charge in [0.25, 0.3) is 5.91 Å². The van der Waals surface area contributed by atoms with E-state index < -0.39 is 6.10 Å². The third-order valence-corrected chi connectivity index (χ3v) is 3.12. The lowest BCUT2D eigenvalue weighted by molar-refractivity contribution is -0.124. The fraction of sp³-hybridized carbons (Fsp3) is 0.533. The summed E-state index contributed by atoms with van der Waals surface area (Å²) in [7, 11) is 0. The Bertz CT molecular complexity index is 416. The molecule has 0 aliphatic carbocycles. The Morgan fingerprint density at radius 3 is 2.47 bits per heavy atom. The first-order chi connectivity index (χ1) is 8.91. The number of benzene rings is 1. The molecule has 4 nitrogen and oxygen atoms in total. The van der Waals surface area contributed by atoms with E-state index in [-0.39, 0.29) is 18.6 Å². The van der Waals surface area contributed by atoms with Crippen molar-refractivity contribution in [2.24, 2.45) is 5.92 Å². The van der Waals surface area contributed by atoms with Gasteiger partial charge in [-0.1, -0.05) is 32.0 Å². The number of nitrogens with one attached hydrogen (secondary N) is 1. The number of aliphatic hydroxyl groups excluding tert-OH is 1. The number of ether oxygens (including phenoxy) is 1. The summed E-state index contributed by atoms with van der Waals surface area (Å²) in [6, 6.07) is 7.30. The molecule has 1 rings (SSSR count). The molecule has 0 radical (unpaired) electrons. The van der Waals surface area contributed by atoms with Crippen molar-refractivity contribution in [2.45, 2.75) is 39.8 Å². The van der Waals surface area contributed by atoms with Gasteiger partial charge in [0.1, 0.15) is 5.75 Å². The van der Waals surface area contributed by atoms with Crippen molar-refractivity contribution < 1.29 is 14.6 Å². The normalized spacial score (nSPS) is 14.0. The maximum Gasteiger partial charge on any atom is 0.258 e. The SMILES string of the molecule is CC(O)c1ccccc1OCC(=O)NC(C)C(C)C. The maximum atomic E-state index is 11.7. The van der Waals surface area contributed by atoms with Crippen LogP contribution in [0.1, 0.15) is 39.4 Å². The number of rotatable bonds is 6. The number of aliphatic hydroxyl groups is 1. The monoisotopic (exact) mass is 265 g/mol. The predicted molar refractivity (Wildman–Crippen MR) is 75.0 cm³/mol. The molecule has 2 N–H and O–H groups in total. The van der Waals surface area contributed by atoms with E-state index in [9.17, 15) is 9.90 Å². The van der Waals surface area contributed by atoms with Crippen LogP contribution in [0, 0.1) is 5.92 Å². The van der Waals surface area contributed by atoms with Gasteiger partial charge in [0.15, 0.2) is 6.61 Å². The topological polar surface area (TPSA) is 58.6 Å². The van der Waals surface area contributed by atoms with Gasteiger partial charge in [-0.3, -0.25) is 4.79 Å². The highest BCUT2D eigenvalue weighted by atomic mass is 16.5. The van der Waals surface area contributed by atoms with E-state index in [1.165, 1.54) is 0 Å². The van der Waals surface area contributed by atoms with Gasteiger partial charge in [-0.05, 0) is 25.8 Å². The minimum absolute atomic E-state index is 0.0409. The lowest BCUT2D eigenvalue weighted by atomic mass is 10.1. The summed E-state index contributed by atoms with van der Waals surface area (Å²) in [5.74, 6) is 0.778. The number of amides is 1. The molecule has 0 aromatic heterocycles. The number of hydrogen-bond donors (Lipinski definition) is 2. The van der Waals surface area contributed by atoms with Crippen LogP contribution in [-0.4, -0.2) is 23.7 Å². The quantitative estimate of drug-likeness (QED) is 0.829. The maximum absolute atomic E-state index is 11.7. The molecule has 1 amide bonds. The van der Waals surface area contributed by atoms with Crippen LogP contribution in [-0.2, 0) is 4.79 Å². The standard InChI is InChI=1S/C15H23NO3/c1-10(2)11(3)16-15(18)9-19-14-8-6-5-7-13(14)12(4)17/h5-8,10-12,17H,9H2,1-4H3,(H,16,18). The van der Waals surface area contributed by atoms with Crippen LogP contribution in [0.4, 0.5) is 0 Å².